The maximum Gasteiger partial charge on any atom is 0.326 e. The van der Waals surface area contributed by atoms with E-state index in [-0.39, 0.29) is 6.42 Å². The van der Waals surface area contributed by atoms with Crippen LogP contribution in [0.2, 0.25) is 0 Å². The first-order valence-electron chi connectivity index (χ1n) is 9.22. The molecule has 3 atom stereocenters. The Morgan fingerprint density at radius 3 is 1.94 bits per heavy atom. The number of hydrogen-bond acceptors (Lipinski definition) is 7. The van der Waals surface area contributed by atoms with Gasteiger partial charge < -0.3 is 25.2 Å². The van der Waals surface area contributed by atoms with Crippen LogP contribution >= 0.6 is 0 Å². The fourth-order valence-corrected chi connectivity index (χ4v) is 2.95. The lowest BCUT2D eigenvalue weighted by Crippen LogP contribution is -2.56. The zero-order chi connectivity index (χ0) is 23.7. The minimum absolute atomic E-state index is 0.0517. The zero-order valence-corrected chi connectivity index (χ0v) is 17.5. The molecule has 11 heteroatoms. The van der Waals surface area contributed by atoms with Gasteiger partial charge in [-0.15, -0.1) is 0 Å². The van der Waals surface area contributed by atoms with Crippen molar-refractivity contribution in [1.29, 1.82) is 0 Å². The fraction of sp³-hybridized carbons (Fsp3) is 0.450. The Morgan fingerprint density at radius 1 is 1.00 bits per heavy atom. The summed E-state index contributed by atoms with van der Waals surface area (Å²) in [5.74, 6) is -8.31. The number of carboxylic acid groups (broad SMARTS) is 1. The molecule has 0 aliphatic rings. The SMILES string of the molecule is COC(=O)C(C(=O)OC)[C@@H](C)[C@H](NC(=O)[C@H](Cc1ccc(F)cc1)NC(C)=O)C(=O)O. The number of carbonyl (C=O) groups is 5. The van der Waals surface area contributed by atoms with Gasteiger partial charge in [0.25, 0.3) is 0 Å². The van der Waals surface area contributed by atoms with Gasteiger partial charge >= 0.3 is 17.9 Å². The first-order chi connectivity index (χ1) is 14.5. The molecule has 0 bridgehead atoms. The van der Waals surface area contributed by atoms with Crippen LogP contribution in [0.4, 0.5) is 4.39 Å². The van der Waals surface area contributed by atoms with Gasteiger partial charge in [0.15, 0.2) is 5.92 Å². The van der Waals surface area contributed by atoms with Crippen molar-refractivity contribution in [2.75, 3.05) is 14.2 Å². The summed E-state index contributed by atoms with van der Waals surface area (Å²) in [6.07, 6.45) is -0.0517. The number of hydrogen-bond donors (Lipinski definition) is 3. The maximum atomic E-state index is 13.1. The first kappa shape index (κ1) is 25.5. The van der Waals surface area contributed by atoms with Gasteiger partial charge in [-0.25, -0.2) is 9.18 Å². The molecule has 0 aliphatic carbocycles. The molecule has 0 aliphatic heterocycles. The van der Waals surface area contributed by atoms with E-state index in [1.807, 2.05) is 0 Å². The highest BCUT2D eigenvalue weighted by molar-refractivity contribution is 5.97. The molecule has 31 heavy (non-hydrogen) atoms. The van der Waals surface area contributed by atoms with Crippen molar-refractivity contribution >= 4 is 29.7 Å². The average Bonchev–Trinajstić information content (AvgIpc) is 2.71. The molecule has 0 spiro atoms. The summed E-state index contributed by atoms with van der Waals surface area (Å²) < 4.78 is 22.2. The second kappa shape index (κ2) is 11.6. The number of benzene rings is 1. The van der Waals surface area contributed by atoms with Crippen molar-refractivity contribution in [2.24, 2.45) is 11.8 Å². The van der Waals surface area contributed by atoms with Crippen LogP contribution in [-0.2, 0) is 39.9 Å². The van der Waals surface area contributed by atoms with Crippen molar-refractivity contribution in [2.45, 2.75) is 32.4 Å². The molecule has 0 radical (unpaired) electrons. The number of carboxylic acids is 1. The van der Waals surface area contributed by atoms with E-state index < -0.39 is 59.5 Å². The number of aliphatic carboxylic acids is 1. The molecule has 2 amide bonds. The Balaban J connectivity index is 3.12. The summed E-state index contributed by atoms with van der Waals surface area (Å²) in [7, 11) is 2.05. The largest absolute Gasteiger partial charge is 0.480 e. The van der Waals surface area contributed by atoms with Gasteiger partial charge in [-0.1, -0.05) is 19.1 Å². The predicted octanol–water partition coefficient (Wildman–Crippen LogP) is 0.0406. The summed E-state index contributed by atoms with van der Waals surface area (Å²) in [6.45, 7) is 2.44. The fourth-order valence-electron chi connectivity index (χ4n) is 2.95. The molecule has 0 saturated heterocycles. The number of halogens is 1. The third-order valence-corrected chi connectivity index (χ3v) is 4.57. The van der Waals surface area contributed by atoms with Gasteiger partial charge in [0.05, 0.1) is 14.2 Å². The molecule has 0 saturated carbocycles. The van der Waals surface area contributed by atoms with Crippen molar-refractivity contribution in [3.8, 4) is 0 Å². The molecular weight excluding hydrogens is 415 g/mol. The minimum atomic E-state index is -1.68. The highest BCUT2D eigenvalue weighted by Crippen LogP contribution is 2.20. The van der Waals surface area contributed by atoms with Gasteiger partial charge in [-0.05, 0) is 17.7 Å². The first-order valence-corrected chi connectivity index (χ1v) is 9.22. The number of amides is 2. The van der Waals surface area contributed by atoms with Crippen LogP contribution in [0.25, 0.3) is 0 Å². The molecule has 3 N–H and O–H groups in total. The topological polar surface area (TPSA) is 148 Å². The number of methoxy groups -OCH3 is 2. The Labute approximate surface area is 178 Å². The van der Waals surface area contributed by atoms with E-state index in [1.54, 1.807) is 0 Å². The van der Waals surface area contributed by atoms with E-state index >= 15 is 0 Å². The third-order valence-electron chi connectivity index (χ3n) is 4.57. The summed E-state index contributed by atoms with van der Waals surface area (Å²) in [5.41, 5.74) is 0.511. The van der Waals surface area contributed by atoms with E-state index in [1.165, 1.54) is 38.1 Å². The second-order valence-corrected chi connectivity index (χ2v) is 6.79. The Morgan fingerprint density at radius 2 is 1.52 bits per heavy atom. The van der Waals surface area contributed by atoms with Crippen LogP contribution in [0.5, 0.6) is 0 Å². The average molecular weight is 440 g/mol. The van der Waals surface area contributed by atoms with E-state index in [0.29, 0.717) is 5.56 Å². The van der Waals surface area contributed by atoms with E-state index in [0.717, 1.165) is 14.2 Å². The zero-order valence-electron chi connectivity index (χ0n) is 17.5. The molecule has 0 aromatic heterocycles. The van der Waals surface area contributed by atoms with Crippen LogP contribution in [0.3, 0.4) is 0 Å². The molecule has 10 nitrogen and oxygen atoms in total. The van der Waals surface area contributed by atoms with Crippen LogP contribution in [0.15, 0.2) is 24.3 Å². The van der Waals surface area contributed by atoms with Crippen molar-refractivity contribution < 1.29 is 42.9 Å². The van der Waals surface area contributed by atoms with Crippen LogP contribution in [0, 0.1) is 17.7 Å². The molecule has 0 unspecified atom stereocenters. The van der Waals surface area contributed by atoms with Crippen molar-refractivity contribution in [1.82, 2.24) is 10.6 Å². The van der Waals surface area contributed by atoms with Crippen LogP contribution < -0.4 is 10.6 Å². The summed E-state index contributed by atoms with van der Waals surface area (Å²) in [6, 6.07) is 2.32. The Kier molecular flexibility index (Phi) is 9.58. The van der Waals surface area contributed by atoms with Gasteiger partial charge in [0, 0.05) is 19.3 Å². The molecule has 0 fully saturated rings. The standard InChI is InChI=1S/C20H25FN2O8/c1-10(15(19(28)30-3)20(29)31-4)16(18(26)27)23-17(25)14(22-11(2)24)9-12-5-7-13(21)8-6-12/h5-8,10,14-16H,9H2,1-4H3,(H,22,24)(H,23,25)(H,26,27)/t10-,14+,16+/m1/s1. The normalized spacial score (nSPS) is 13.5. The number of rotatable bonds is 10. The molecule has 170 valence electrons. The summed E-state index contributed by atoms with van der Waals surface area (Å²) in [5, 5.41) is 14.2. The van der Waals surface area contributed by atoms with Gasteiger partial charge in [-0.3, -0.25) is 19.2 Å². The number of ether oxygens (including phenoxy) is 2. The predicted molar refractivity (Wildman–Crippen MR) is 104 cm³/mol. The smallest absolute Gasteiger partial charge is 0.326 e. The van der Waals surface area contributed by atoms with E-state index in [2.05, 4.69) is 20.1 Å². The number of nitrogens with one attached hydrogen (secondary N) is 2. The van der Waals surface area contributed by atoms with Gasteiger partial charge in [0.1, 0.15) is 17.9 Å². The number of esters is 2. The quantitative estimate of drug-likeness (QED) is 0.341. The highest BCUT2D eigenvalue weighted by atomic mass is 19.1. The molecule has 0 heterocycles. The lowest BCUT2D eigenvalue weighted by atomic mass is 9.87. The van der Waals surface area contributed by atoms with Crippen LogP contribution in [-0.4, -0.2) is 61.1 Å². The molecular formula is C20H25FN2O8. The lowest BCUT2D eigenvalue weighted by Gasteiger charge is -2.27. The maximum absolute atomic E-state index is 13.1. The lowest BCUT2D eigenvalue weighted by molar-refractivity contribution is -0.163. The number of carbonyl (C=O) groups excluding carboxylic acids is 4. The molecule has 1 rings (SSSR count). The molecule has 1 aromatic rings. The van der Waals surface area contributed by atoms with Crippen molar-refractivity contribution in [3.05, 3.63) is 35.6 Å². The highest BCUT2D eigenvalue weighted by Gasteiger charge is 2.42. The Bertz CT molecular complexity index is 811. The third kappa shape index (κ3) is 7.36. The van der Waals surface area contributed by atoms with Gasteiger partial charge in [0.2, 0.25) is 11.8 Å². The Hall–Kier alpha value is -3.50. The van der Waals surface area contributed by atoms with Gasteiger partial charge in [-0.2, -0.15) is 0 Å². The monoisotopic (exact) mass is 440 g/mol. The summed E-state index contributed by atoms with van der Waals surface area (Å²) in [4.78, 5) is 60.1. The van der Waals surface area contributed by atoms with E-state index in [9.17, 15) is 33.5 Å². The van der Waals surface area contributed by atoms with E-state index in [4.69, 9.17) is 0 Å². The second-order valence-electron chi connectivity index (χ2n) is 6.79. The van der Waals surface area contributed by atoms with Crippen LogP contribution in [0.1, 0.15) is 19.4 Å². The summed E-state index contributed by atoms with van der Waals surface area (Å²) >= 11 is 0. The molecule has 1 aromatic carbocycles. The minimum Gasteiger partial charge on any atom is -0.480 e. The van der Waals surface area contributed by atoms with Crippen molar-refractivity contribution in [3.63, 3.8) is 0 Å².